The van der Waals surface area contributed by atoms with Crippen molar-refractivity contribution in [3.63, 3.8) is 0 Å². The second kappa shape index (κ2) is 10.3. The Kier molecular flexibility index (Phi) is 6.84. The summed E-state index contributed by atoms with van der Waals surface area (Å²) in [7, 11) is 0. The van der Waals surface area contributed by atoms with Crippen LogP contribution in [0, 0.1) is 5.41 Å². The minimum atomic E-state index is 0.143. The maximum absolute atomic E-state index is 8.07. The Bertz CT molecular complexity index is 1330. The van der Waals surface area contributed by atoms with Gasteiger partial charge in [0.15, 0.2) is 5.84 Å². The van der Waals surface area contributed by atoms with Gasteiger partial charge in [0.2, 0.25) is 0 Å². The predicted molar refractivity (Wildman–Crippen MR) is 143 cm³/mol. The average Bonchev–Trinajstić information content (AvgIpc) is 2.86. The van der Waals surface area contributed by atoms with Crippen molar-refractivity contribution in [3.8, 4) is 0 Å². The molecule has 4 rings (SSSR count). The molecule has 0 amide bonds. The number of amidine groups is 2. The van der Waals surface area contributed by atoms with E-state index in [4.69, 9.17) is 16.9 Å². The van der Waals surface area contributed by atoms with Crippen LogP contribution in [0.5, 0.6) is 0 Å². The zero-order valence-corrected chi connectivity index (χ0v) is 18.9. The Hall–Kier alpha value is -4.64. The van der Waals surface area contributed by atoms with Crippen molar-refractivity contribution in [3.05, 3.63) is 138 Å². The Balaban J connectivity index is 1.54. The zero-order chi connectivity index (χ0) is 23.9. The van der Waals surface area contributed by atoms with Gasteiger partial charge in [-0.25, -0.2) is 4.99 Å². The molecule has 0 atom stereocenters. The SMILES string of the molecule is C=C1c2ccccc2/C=C\N(/C(N)=C/C=C\CC(N)=NC(=N)c2ccccc2)c2ccccc21. The molecule has 0 saturated carbocycles. The number of benzene rings is 3. The third-order valence-electron chi connectivity index (χ3n) is 5.49. The third kappa shape index (κ3) is 5.05. The predicted octanol–water partition coefficient (Wildman–Crippen LogP) is 5.67. The summed E-state index contributed by atoms with van der Waals surface area (Å²) in [6, 6.07) is 25.6. The summed E-state index contributed by atoms with van der Waals surface area (Å²) in [6.45, 7) is 4.35. The molecule has 0 aromatic heterocycles. The van der Waals surface area contributed by atoms with Gasteiger partial charge < -0.3 is 16.4 Å². The van der Waals surface area contributed by atoms with Crippen molar-refractivity contribution in [1.29, 1.82) is 5.41 Å². The van der Waals surface area contributed by atoms with Crippen molar-refractivity contribution in [1.82, 2.24) is 0 Å². The van der Waals surface area contributed by atoms with E-state index in [1.54, 1.807) is 0 Å². The maximum Gasteiger partial charge on any atom is 0.153 e. The highest BCUT2D eigenvalue weighted by Crippen LogP contribution is 2.35. The summed E-state index contributed by atoms with van der Waals surface area (Å²) >= 11 is 0. The number of hydrogen-bond donors (Lipinski definition) is 3. The summed E-state index contributed by atoms with van der Waals surface area (Å²) in [5.41, 5.74) is 18.3. The maximum atomic E-state index is 8.07. The molecule has 5 N–H and O–H groups in total. The van der Waals surface area contributed by atoms with Gasteiger partial charge in [-0.05, 0) is 34.9 Å². The molecule has 1 aliphatic heterocycles. The summed E-state index contributed by atoms with van der Waals surface area (Å²) in [5, 5.41) is 8.07. The van der Waals surface area contributed by atoms with Crippen molar-refractivity contribution < 1.29 is 0 Å². The lowest BCUT2D eigenvalue weighted by molar-refractivity contribution is 1.11. The molecule has 0 spiro atoms. The van der Waals surface area contributed by atoms with Gasteiger partial charge in [0.05, 0.1) is 5.69 Å². The Morgan fingerprint density at radius 1 is 0.912 bits per heavy atom. The minimum absolute atomic E-state index is 0.143. The smallest absolute Gasteiger partial charge is 0.153 e. The Morgan fingerprint density at radius 3 is 2.38 bits per heavy atom. The lowest BCUT2D eigenvalue weighted by Gasteiger charge is -2.26. The number of hydrogen-bond acceptors (Lipinski definition) is 3. The largest absolute Gasteiger partial charge is 0.387 e. The molecule has 3 aromatic carbocycles. The molecule has 0 fully saturated rings. The van der Waals surface area contributed by atoms with Gasteiger partial charge >= 0.3 is 0 Å². The van der Waals surface area contributed by atoms with Gasteiger partial charge in [-0.3, -0.25) is 5.41 Å². The zero-order valence-electron chi connectivity index (χ0n) is 18.9. The number of para-hydroxylation sites is 1. The molecule has 1 aliphatic rings. The molecule has 0 aliphatic carbocycles. The first-order valence-corrected chi connectivity index (χ1v) is 11.0. The number of nitrogens with zero attached hydrogens (tertiary/aromatic N) is 2. The number of fused-ring (bicyclic) bond motifs is 2. The third-order valence-corrected chi connectivity index (χ3v) is 5.49. The van der Waals surface area contributed by atoms with E-state index in [0.717, 1.165) is 33.5 Å². The fourth-order valence-corrected chi connectivity index (χ4v) is 3.75. The van der Waals surface area contributed by atoms with Crippen LogP contribution in [0.1, 0.15) is 28.7 Å². The quantitative estimate of drug-likeness (QED) is 0.268. The van der Waals surface area contributed by atoms with E-state index >= 15 is 0 Å². The molecule has 5 nitrogen and oxygen atoms in total. The topological polar surface area (TPSA) is 91.5 Å². The number of aliphatic imine (C=N–C) groups is 1. The van der Waals surface area contributed by atoms with Gasteiger partial charge in [-0.2, -0.15) is 0 Å². The van der Waals surface area contributed by atoms with Crippen LogP contribution in [0.4, 0.5) is 5.69 Å². The van der Waals surface area contributed by atoms with Crippen LogP contribution < -0.4 is 16.4 Å². The van der Waals surface area contributed by atoms with Gasteiger partial charge in [0, 0.05) is 23.7 Å². The van der Waals surface area contributed by atoms with E-state index in [2.05, 4.69) is 29.8 Å². The molecule has 1 heterocycles. The molecular formula is C29H27N5. The highest BCUT2D eigenvalue weighted by Gasteiger charge is 2.17. The first-order chi connectivity index (χ1) is 16.5. The van der Waals surface area contributed by atoms with Crippen LogP contribution in [-0.4, -0.2) is 11.7 Å². The summed E-state index contributed by atoms with van der Waals surface area (Å²) in [4.78, 5) is 6.13. The highest BCUT2D eigenvalue weighted by molar-refractivity contribution is 6.04. The standard InChI is InChI=1S/C29H27N5/c1-21-24-14-6-5-11-22(24)19-20-34(26-16-8-7-15-25(21)26)28(31)18-10-9-17-27(30)33-29(32)23-12-3-2-4-13-23/h2-16,18-20H,1,17,31H2,(H3,30,32,33)/b10-9-,20-19-,28-18+. The number of anilines is 1. The minimum Gasteiger partial charge on any atom is -0.387 e. The first kappa shape index (κ1) is 22.6. The average molecular weight is 446 g/mol. The molecular weight excluding hydrogens is 418 g/mol. The first-order valence-electron chi connectivity index (χ1n) is 11.0. The van der Waals surface area contributed by atoms with E-state index in [9.17, 15) is 0 Å². The van der Waals surface area contributed by atoms with E-state index in [0.29, 0.717) is 18.1 Å². The number of nitrogens with one attached hydrogen (secondary N) is 1. The molecule has 0 saturated heterocycles. The normalized spacial score (nSPS) is 14.8. The lowest BCUT2D eigenvalue weighted by atomic mass is 9.92. The molecule has 3 aromatic rings. The van der Waals surface area contributed by atoms with Crippen molar-refractivity contribution >= 4 is 29.0 Å². The van der Waals surface area contributed by atoms with Gasteiger partial charge in [-0.15, -0.1) is 0 Å². The number of allylic oxidation sites excluding steroid dienone is 2. The van der Waals surface area contributed by atoms with Crippen LogP contribution >= 0.6 is 0 Å². The summed E-state index contributed by atoms with van der Waals surface area (Å²) in [5.74, 6) is 1.06. The number of nitrogens with two attached hydrogens (primary N) is 2. The van der Waals surface area contributed by atoms with Gasteiger partial charge in [0.1, 0.15) is 11.7 Å². The lowest BCUT2D eigenvalue weighted by Crippen LogP contribution is -2.23. The van der Waals surface area contributed by atoms with Gasteiger partial charge in [0.25, 0.3) is 0 Å². The second-order valence-electron chi connectivity index (χ2n) is 7.81. The molecule has 0 radical (unpaired) electrons. The number of rotatable bonds is 5. The van der Waals surface area contributed by atoms with Gasteiger partial charge in [-0.1, -0.05) is 91.5 Å². The van der Waals surface area contributed by atoms with Crippen LogP contribution in [0.3, 0.4) is 0 Å². The van der Waals surface area contributed by atoms with Crippen molar-refractivity contribution in [2.24, 2.45) is 16.5 Å². The van der Waals surface area contributed by atoms with Crippen LogP contribution in [0.2, 0.25) is 0 Å². The van der Waals surface area contributed by atoms with E-state index in [-0.39, 0.29) is 5.84 Å². The van der Waals surface area contributed by atoms with Crippen LogP contribution in [-0.2, 0) is 0 Å². The summed E-state index contributed by atoms with van der Waals surface area (Å²) < 4.78 is 0. The fraction of sp³-hybridized carbons (Fsp3) is 0.0345. The van der Waals surface area contributed by atoms with E-state index < -0.39 is 0 Å². The molecule has 5 heteroatoms. The molecule has 0 bridgehead atoms. The van der Waals surface area contributed by atoms with E-state index in [1.807, 2.05) is 96.1 Å². The molecule has 34 heavy (non-hydrogen) atoms. The van der Waals surface area contributed by atoms with E-state index in [1.165, 1.54) is 0 Å². The monoisotopic (exact) mass is 445 g/mol. The Morgan fingerprint density at radius 2 is 1.59 bits per heavy atom. The van der Waals surface area contributed by atoms with Crippen molar-refractivity contribution in [2.75, 3.05) is 4.90 Å². The Labute approximate surface area is 200 Å². The van der Waals surface area contributed by atoms with Crippen molar-refractivity contribution in [2.45, 2.75) is 6.42 Å². The summed E-state index contributed by atoms with van der Waals surface area (Å²) in [6.07, 6.45) is 9.98. The highest BCUT2D eigenvalue weighted by atomic mass is 15.2. The van der Waals surface area contributed by atoms with Crippen LogP contribution in [0.25, 0.3) is 11.6 Å². The molecule has 0 unspecified atom stereocenters. The second-order valence-corrected chi connectivity index (χ2v) is 7.81. The van der Waals surface area contributed by atoms with Crippen LogP contribution in [0.15, 0.2) is 121 Å². The molecule has 168 valence electrons. The fourth-order valence-electron chi connectivity index (χ4n) is 3.75.